The van der Waals surface area contributed by atoms with Gasteiger partial charge in [-0.25, -0.2) is 4.79 Å². The van der Waals surface area contributed by atoms with E-state index in [0.717, 1.165) is 0 Å². The maximum Gasteiger partial charge on any atom is 0.344 e. The lowest BCUT2D eigenvalue weighted by Crippen LogP contribution is -2.46. The molecular weight excluding hydrogens is 222 g/mol. The van der Waals surface area contributed by atoms with Crippen LogP contribution >= 0.6 is 0 Å². The number of ether oxygens (including phenoxy) is 1. The number of esters is 1. The molecule has 1 aromatic rings. The van der Waals surface area contributed by atoms with Crippen molar-refractivity contribution in [2.24, 2.45) is 0 Å². The van der Waals surface area contributed by atoms with Crippen LogP contribution in [-0.4, -0.2) is 30.6 Å². The molecule has 0 spiro atoms. The van der Waals surface area contributed by atoms with Gasteiger partial charge in [0.15, 0.2) is 0 Å². The van der Waals surface area contributed by atoms with Crippen molar-refractivity contribution in [2.75, 3.05) is 13.7 Å². The third-order valence-corrected chi connectivity index (χ3v) is 2.37. The fraction of sp³-hybridized carbons (Fsp3) is 0.333. The maximum atomic E-state index is 11.6. The summed E-state index contributed by atoms with van der Waals surface area (Å²) >= 11 is 0. The van der Waals surface area contributed by atoms with Crippen LogP contribution in [0.25, 0.3) is 0 Å². The first-order chi connectivity index (χ1) is 8.00. The lowest BCUT2D eigenvalue weighted by molar-refractivity contribution is -0.163. The van der Waals surface area contributed by atoms with Gasteiger partial charge in [-0.05, 0) is 5.56 Å². The molecule has 1 rings (SSSR count). The molecule has 0 unspecified atom stereocenters. The topological polar surface area (TPSA) is 75.6 Å². The number of methoxy groups -OCH3 is 1. The largest absolute Gasteiger partial charge is 0.467 e. The van der Waals surface area contributed by atoms with Gasteiger partial charge in [0.05, 0.1) is 13.7 Å². The maximum absolute atomic E-state index is 11.6. The van der Waals surface area contributed by atoms with Gasteiger partial charge in [-0.1, -0.05) is 30.3 Å². The average molecular weight is 237 g/mol. The van der Waals surface area contributed by atoms with Crippen molar-refractivity contribution in [3.8, 4) is 0 Å². The second-order valence-corrected chi connectivity index (χ2v) is 3.63. The van der Waals surface area contributed by atoms with Crippen LogP contribution in [0, 0.1) is 0 Å². The number of amides is 1. The Hall–Kier alpha value is -1.88. The van der Waals surface area contributed by atoms with E-state index in [1.54, 1.807) is 30.3 Å². The molecular formula is C12H15NO4. The summed E-state index contributed by atoms with van der Waals surface area (Å²) in [6.07, 6.45) is 0. The summed E-state index contributed by atoms with van der Waals surface area (Å²) in [5, 5.41) is 12.7. The Morgan fingerprint density at radius 1 is 1.35 bits per heavy atom. The minimum Gasteiger partial charge on any atom is -0.467 e. The van der Waals surface area contributed by atoms with Crippen molar-refractivity contribution >= 4 is 11.9 Å². The quantitative estimate of drug-likeness (QED) is 0.733. The van der Waals surface area contributed by atoms with Crippen LogP contribution in [0.3, 0.4) is 0 Å². The number of hydrogen-bond donors (Lipinski definition) is 2. The van der Waals surface area contributed by atoms with E-state index < -0.39 is 11.6 Å². The van der Waals surface area contributed by atoms with Crippen LogP contribution in [0.2, 0.25) is 0 Å². The Labute approximate surface area is 99.4 Å². The van der Waals surface area contributed by atoms with E-state index in [9.17, 15) is 14.7 Å². The molecule has 0 radical (unpaired) electrons. The second-order valence-electron chi connectivity index (χ2n) is 3.63. The molecule has 0 heterocycles. The smallest absolute Gasteiger partial charge is 0.344 e. The van der Waals surface area contributed by atoms with Crippen molar-refractivity contribution in [3.05, 3.63) is 35.9 Å². The third kappa shape index (κ3) is 3.04. The van der Waals surface area contributed by atoms with Gasteiger partial charge >= 0.3 is 5.97 Å². The van der Waals surface area contributed by atoms with E-state index in [2.05, 4.69) is 10.1 Å². The molecule has 1 amide bonds. The normalized spacial score (nSPS) is 13.6. The van der Waals surface area contributed by atoms with Crippen molar-refractivity contribution in [3.63, 3.8) is 0 Å². The number of nitrogens with one attached hydrogen (secondary N) is 1. The summed E-state index contributed by atoms with van der Waals surface area (Å²) in [6.45, 7) is 1.09. The first-order valence-corrected chi connectivity index (χ1v) is 5.11. The van der Waals surface area contributed by atoms with E-state index in [0.29, 0.717) is 5.56 Å². The zero-order valence-corrected chi connectivity index (χ0v) is 9.77. The van der Waals surface area contributed by atoms with E-state index in [4.69, 9.17) is 0 Å². The van der Waals surface area contributed by atoms with Gasteiger partial charge in [-0.2, -0.15) is 0 Å². The van der Waals surface area contributed by atoms with E-state index in [-0.39, 0.29) is 12.5 Å². The zero-order chi connectivity index (χ0) is 12.9. The summed E-state index contributed by atoms with van der Waals surface area (Å²) in [5.41, 5.74) is -1.48. The molecule has 1 atom stereocenters. The molecule has 0 aliphatic carbocycles. The SMILES string of the molecule is COC(=O)[C@@](O)(CNC(C)=O)c1ccccc1. The molecule has 92 valence electrons. The number of carbonyl (C=O) groups excluding carboxylic acids is 2. The number of rotatable bonds is 4. The highest BCUT2D eigenvalue weighted by Crippen LogP contribution is 2.21. The molecule has 0 saturated heterocycles. The standard InChI is InChI=1S/C12H15NO4/c1-9(14)13-8-12(16,11(15)17-2)10-6-4-3-5-7-10/h3-7,16H,8H2,1-2H3,(H,13,14)/t12-/m1/s1. The predicted molar refractivity (Wildman–Crippen MR) is 61.0 cm³/mol. The molecule has 0 aliphatic rings. The van der Waals surface area contributed by atoms with Crippen LogP contribution in [0.5, 0.6) is 0 Å². The van der Waals surface area contributed by atoms with Crippen LogP contribution < -0.4 is 5.32 Å². The van der Waals surface area contributed by atoms with Gasteiger partial charge < -0.3 is 15.2 Å². The van der Waals surface area contributed by atoms with Gasteiger partial charge in [-0.3, -0.25) is 4.79 Å². The van der Waals surface area contributed by atoms with Gasteiger partial charge in [0.2, 0.25) is 11.5 Å². The number of aliphatic hydroxyl groups is 1. The molecule has 5 nitrogen and oxygen atoms in total. The fourth-order valence-corrected chi connectivity index (χ4v) is 1.43. The molecule has 0 saturated carbocycles. The minimum absolute atomic E-state index is 0.223. The van der Waals surface area contributed by atoms with Gasteiger partial charge in [0, 0.05) is 6.92 Å². The van der Waals surface area contributed by atoms with Crippen LogP contribution in [0.4, 0.5) is 0 Å². The molecule has 5 heteroatoms. The van der Waals surface area contributed by atoms with Crippen molar-refractivity contribution in [1.82, 2.24) is 5.32 Å². The van der Waals surface area contributed by atoms with Crippen molar-refractivity contribution in [2.45, 2.75) is 12.5 Å². The Kier molecular flexibility index (Phi) is 4.23. The number of carbonyl (C=O) groups is 2. The molecule has 0 aromatic heterocycles. The Morgan fingerprint density at radius 2 is 1.94 bits per heavy atom. The van der Waals surface area contributed by atoms with Gasteiger partial charge in [-0.15, -0.1) is 0 Å². The third-order valence-electron chi connectivity index (χ3n) is 2.37. The summed E-state index contributed by atoms with van der Waals surface area (Å²) in [4.78, 5) is 22.5. The number of benzene rings is 1. The molecule has 1 aromatic carbocycles. The molecule has 17 heavy (non-hydrogen) atoms. The van der Waals surface area contributed by atoms with Gasteiger partial charge in [0.25, 0.3) is 0 Å². The highest BCUT2D eigenvalue weighted by atomic mass is 16.5. The molecule has 2 N–H and O–H groups in total. The highest BCUT2D eigenvalue weighted by molar-refractivity contribution is 5.82. The molecule has 0 bridgehead atoms. The van der Waals surface area contributed by atoms with E-state index in [1.165, 1.54) is 14.0 Å². The monoisotopic (exact) mass is 237 g/mol. The van der Waals surface area contributed by atoms with Crippen molar-refractivity contribution in [1.29, 1.82) is 0 Å². The number of hydrogen-bond acceptors (Lipinski definition) is 4. The van der Waals surface area contributed by atoms with Crippen molar-refractivity contribution < 1.29 is 19.4 Å². The summed E-state index contributed by atoms with van der Waals surface area (Å²) in [6, 6.07) is 8.34. The lowest BCUT2D eigenvalue weighted by atomic mass is 9.94. The molecule has 0 fully saturated rings. The lowest BCUT2D eigenvalue weighted by Gasteiger charge is -2.25. The van der Waals surface area contributed by atoms with Gasteiger partial charge in [0.1, 0.15) is 0 Å². The average Bonchev–Trinajstić information content (AvgIpc) is 2.36. The van der Waals surface area contributed by atoms with E-state index >= 15 is 0 Å². The Bertz CT molecular complexity index is 404. The summed E-state index contributed by atoms with van der Waals surface area (Å²) < 4.78 is 4.56. The summed E-state index contributed by atoms with van der Waals surface area (Å²) in [7, 11) is 1.18. The van der Waals surface area contributed by atoms with Crippen LogP contribution in [0.15, 0.2) is 30.3 Å². The first-order valence-electron chi connectivity index (χ1n) is 5.11. The van der Waals surface area contributed by atoms with Crippen LogP contribution in [-0.2, 0) is 19.9 Å². The van der Waals surface area contributed by atoms with E-state index in [1.807, 2.05) is 0 Å². The second kappa shape index (κ2) is 5.45. The zero-order valence-electron chi connectivity index (χ0n) is 9.77. The minimum atomic E-state index is -1.86. The molecule has 0 aliphatic heterocycles. The summed E-state index contributed by atoms with van der Waals surface area (Å²) in [5.74, 6) is -1.14. The Balaban J connectivity index is 3.02. The predicted octanol–water partition coefficient (Wildman–Crippen LogP) is 0.183. The first kappa shape index (κ1) is 13.2. The van der Waals surface area contributed by atoms with Crippen LogP contribution in [0.1, 0.15) is 12.5 Å². The highest BCUT2D eigenvalue weighted by Gasteiger charge is 2.39. The fourth-order valence-electron chi connectivity index (χ4n) is 1.43. The Morgan fingerprint density at radius 3 is 2.41 bits per heavy atom.